The maximum absolute atomic E-state index is 6.31. The molecule has 0 radical (unpaired) electrons. The van der Waals surface area contributed by atoms with Gasteiger partial charge in [0.1, 0.15) is 12.1 Å². The summed E-state index contributed by atoms with van der Waals surface area (Å²) in [7, 11) is 0. The zero-order valence-corrected chi connectivity index (χ0v) is 19.4. The topological polar surface area (TPSA) is 73.0 Å². The lowest BCUT2D eigenvalue weighted by molar-refractivity contribution is 0.0623. The van der Waals surface area contributed by atoms with Gasteiger partial charge in [-0.15, -0.1) is 5.10 Å². The molecule has 7 heteroatoms. The van der Waals surface area contributed by atoms with Gasteiger partial charge in [-0.25, -0.2) is 15.0 Å². The first-order valence-electron chi connectivity index (χ1n) is 11.8. The highest BCUT2D eigenvalue weighted by molar-refractivity contribution is 6.01. The van der Waals surface area contributed by atoms with E-state index in [0.29, 0.717) is 24.2 Å². The third-order valence-electron chi connectivity index (χ3n) is 6.45. The predicted octanol–water partition coefficient (Wildman–Crippen LogP) is 4.91. The Labute approximate surface area is 198 Å². The minimum atomic E-state index is -0.00941. The van der Waals surface area contributed by atoms with Crippen molar-refractivity contribution in [3.05, 3.63) is 88.9 Å². The van der Waals surface area contributed by atoms with E-state index in [-0.39, 0.29) is 6.04 Å². The Hall–Kier alpha value is -3.71. The van der Waals surface area contributed by atoms with Crippen LogP contribution < -0.4 is 10.2 Å². The van der Waals surface area contributed by atoms with Gasteiger partial charge in [0.05, 0.1) is 29.9 Å². The number of hydrogen-bond donors (Lipinski definition) is 1. The van der Waals surface area contributed by atoms with E-state index >= 15 is 0 Å². The van der Waals surface area contributed by atoms with Gasteiger partial charge in [0.25, 0.3) is 0 Å². The Bertz CT molecular complexity index is 1390. The van der Waals surface area contributed by atoms with Gasteiger partial charge in [-0.1, -0.05) is 35.9 Å². The van der Waals surface area contributed by atoms with Crippen LogP contribution in [0.4, 0.5) is 0 Å². The number of fused-ring (bicyclic) bond motifs is 1. The number of aromatic nitrogens is 3. The summed E-state index contributed by atoms with van der Waals surface area (Å²) < 4.78 is 8.02. The van der Waals surface area contributed by atoms with Crippen molar-refractivity contribution in [2.24, 2.45) is 4.99 Å². The van der Waals surface area contributed by atoms with Gasteiger partial charge in [-0.2, -0.15) is 0 Å². The SMILES string of the molecule is Cc1ccc(CC2CONC(c3cc4cncn4nc3Oc3cccc(C4CC4)c3)=N2)c(C)c1. The number of benzene rings is 2. The molecule has 1 aliphatic carbocycles. The Morgan fingerprint density at radius 1 is 1.12 bits per heavy atom. The first kappa shape index (κ1) is 20.9. The van der Waals surface area contributed by atoms with Crippen molar-refractivity contribution in [1.82, 2.24) is 20.1 Å². The molecule has 0 bridgehead atoms. The quantitative estimate of drug-likeness (QED) is 0.449. The zero-order valence-electron chi connectivity index (χ0n) is 19.4. The molecule has 2 aliphatic rings. The molecule has 1 unspecified atom stereocenters. The van der Waals surface area contributed by atoms with Crippen LogP contribution in [0.1, 0.15) is 46.6 Å². The maximum atomic E-state index is 6.31. The van der Waals surface area contributed by atoms with Gasteiger partial charge in [-0.3, -0.25) is 9.83 Å². The van der Waals surface area contributed by atoms with Crippen LogP contribution in [-0.4, -0.2) is 33.1 Å². The van der Waals surface area contributed by atoms with E-state index in [4.69, 9.17) is 14.6 Å². The lowest BCUT2D eigenvalue weighted by Gasteiger charge is -2.23. The third kappa shape index (κ3) is 4.26. The summed E-state index contributed by atoms with van der Waals surface area (Å²) in [5.74, 6) is 2.49. The minimum Gasteiger partial charge on any atom is -0.437 e. The van der Waals surface area contributed by atoms with E-state index < -0.39 is 0 Å². The first-order chi connectivity index (χ1) is 16.6. The molecule has 1 fully saturated rings. The number of aryl methyl sites for hydroxylation is 2. The number of nitrogens with zero attached hydrogens (tertiary/aromatic N) is 4. The average molecular weight is 454 g/mol. The van der Waals surface area contributed by atoms with Crippen LogP contribution in [0, 0.1) is 13.8 Å². The fourth-order valence-corrected chi connectivity index (χ4v) is 4.46. The normalized spacial score (nSPS) is 17.9. The van der Waals surface area contributed by atoms with Crippen molar-refractivity contribution in [3.8, 4) is 11.6 Å². The fraction of sp³-hybridized carbons (Fsp3) is 0.296. The Kier molecular flexibility index (Phi) is 5.26. The van der Waals surface area contributed by atoms with E-state index in [1.54, 1.807) is 17.0 Å². The highest BCUT2D eigenvalue weighted by Gasteiger charge is 2.25. The number of rotatable bonds is 6. The summed E-state index contributed by atoms with van der Waals surface area (Å²) in [6.45, 7) is 4.76. The van der Waals surface area contributed by atoms with Crippen LogP contribution in [0.15, 0.2) is 66.0 Å². The third-order valence-corrected chi connectivity index (χ3v) is 6.45. The second kappa shape index (κ2) is 8.57. The number of aliphatic imine (C=N–C) groups is 1. The Morgan fingerprint density at radius 3 is 2.88 bits per heavy atom. The lowest BCUT2D eigenvalue weighted by Crippen LogP contribution is -2.37. The van der Waals surface area contributed by atoms with Crippen LogP contribution in [0.25, 0.3) is 5.52 Å². The van der Waals surface area contributed by atoms with E-state index in [9.17, 15) is 0 Å². The molecule has 0 amide bonds. The van der Waals surface area contributed by atoms with Gasteiger partial charge in [0.2, 0.25) is 5.88 Å². The van der Waals surface area contributed by atoms with Crippen molar-refractivity contribution in [1.29, 1.82) is 0 Å². The molecule has 1 N–H and O–H groups in total. The van der Waals surface area contributed by atoms with Crippen molar-refractivity contribution in [3.63, 3.8) is 0 Å². The summed E-state index contributed by atoms with van der Waals surface area (Å²) in [5.41, 5.74) is 9.73. The number of amidine groups is 1. The predicted molar refractivity (Wildman–Crippen MR) is 131 cm³/mol. The molecule has 6 rings (SSSR count). The second-order valence-electron chi connectivity index (χ2n) is 9.25. The number of imidazole rings is 1. The van der Waals surface area contributed by atoms with E-state index in [1.807, 2.05) is 18.2 Å². The van der Waals surface area contributed by atoms with Gasteiger partial charge < -0.3 is 4.74 Å². The highest BCUT2D eigenvalue weighted by atomic mass is 16.6. The molecule has 0 spiro atoms. The molecule has 34 heavy (non-hydrogen) atoms. The van der Waals surface area contributed by atoms with Crippen molar-refractivity contribution in [2.75, 3.05) is 6.61 Å². The molecular formula is C27H27N5O2. The summed E-state index contributed by atoms with van der Waals surface area (Å²) in [6.07, 6.45) is 6.73. The molecule has 7 nitrogen and oxygen atoms in total. The van der Waals surface area contributed by atoms with Gasteiger partial charge >= 0.3 is 0 Å². The van der Waals surface area contributed by atoms with E-state index in [1.165, 1.54) is 35.1 Å². The largest absolute Gasteiger partial charge is 0.437 e. The minimum absolute atomic E-state index is 0.00941. The van der Waals surface area contributed by atoms with E-state index in [2.05, 4.69) is 59.7 Å². The van der Waals surface area contributed by atoms with Crippen LogP contribution in [0.2, 0.25) is 0 Å². The fourth-order valence-electron chi connectivity index (χ4n) is 4.46. The molecule has 1 atom stereocenters. The van der Waals surface area contributed by atoms with Gasteiger partial charge in [-0.05, 0) is 73.9 Å². The van der Waals surface area contributed by atoms with Crippen LogP contribution >= 0.6 is 0 Å². The monoisotopic (exact) mass is 453 g/mol. The van der Waals surface area contributed by atoms with Gasteiger partial charge in [0, 0.05) is 0 Å². The summed E-state index contributed by atoms with van der Waals surface area (Å²) in [6, 6.07) is 16.8. The molecule has 3 heterocycles. The van der Waals surface area contributed by atoms with Crippen LogP contribution in [0.5, 0.6) is 11.6 Å². The molecule has 2 aromatic heterocycles. The maximum Gasteiger partial charge on any atom is 0.248 e. The highest BCUT2D eigenvalue weighted by Crippen LogP contribution is 2.41. The average Bonchev–Trinajstić information content (AvgIpc) is 3.59. The second-order valence-corrected chi connectivity index (χ2v) is 9.25. The molecular weight excluding hydrogens is 426 g/mol. The summed E-state index contributed by atoms with van der Waals surface area (Å²) >= 11 is 0. The lowest BCUT2D eigenvalue weighted by atomic mass is 9.99. The van der Waals surface area contributed by atoms with Crippen LogP contribution in [-0.2, 0) is 11.3 Å². The van der Waals surface area contributed by atoms with E-state index in [0.717, 1.165) is 23.3 Å². The number of hydroxylamine groups is 1. The Morgan fingerprint density at radius 2 is 2.03 bits per heavy atom. The molecule has 1 saturated carbocycles. The smallest absolute Gasteiger partial charge is 0.248 e. The first-order valence-corrected chi connectivity index (χ1v) is 11.8. The standard InChI is InChI=1S/C27H27N5O2/c1-17-6-7-20(18(2)10-17)11-22-15-33-31-26(29-22)25-13-23-14-28-16-32(23)30-27(25)34-24-5-3-4-21(12-24)19-8-9-19/h3-7,10,12-14,16,19,22H,8-9,11,15H2,1-2H3,(H,29,31). The molecule has 2 aromatic carbocycles. The number of hydrogen-bond acceptors (Lipinski definition) is 6. The van der Waals surface area contributed by atoms with Crippen LogP contribution in [0.3, 0.4) is 0 Å². The van der Waals surface area contributed by atoms with Crippen molar-refractivity contribution < 1.29 is 9.57 Å². The van der Waals surface area contributed by atoms with Crippen molar-refractivity contribution in [2.45, 2.75) is 45.1 Å². The molecule has 0 saturated heterocycles. The summed E-state index contributed by atoms with van der Waals surface area (Å²) in [4.78, 5) is 15.0. The zero-order chi connectivity index (χ0) is 23.1. The molecule has 1 aliphatic heterocycles. The number of nitrogens with one attached hydrogen (secondary N) is 1. The Balaban J connectivity index is 1.34. The summed E-state index contributed by atoms with van der Waals surface area (Å²) in [5, 5.41) is 4.68. The number of ether oxygens (including phenoxy) is 1. The van der Waals surface area contributed by atoms with Gasteiger partial charge in [0.15, 0.2) is 5.84 Å². The molecule has 172 valence electrons. The molecule has 4 aromatic rings. The van der Waals surface area contributed by atoms with Crippen molar-refractivity contribution >= 4 is 11.4 Å².